The summed E-state index contributed by atoms with van der Waals surface area (Å²) in [6.07, 6.45) is 0. The van der Waals surface area contributed by atoms with Crippen molar-refractivity contribution in [2.45, 2.75) is 20.8 Å². The second kappa shape index (κ2) is 6.34. The SMILES string of the molecule is CC(=O)Nc1ccc(-c2nc(-c3ccc(C)cc3)sc2C)cc1. The molecular formula is C19H18N2OS. The van der Waals surface area contributed by atoms with Crippen LogP contribution < -0.4 is 5.32 Å². The number of nitrogens with zero attached hydrogens (tertiary/aromatic N) is 1. The van der Waals surface area contributed by atoms with Crippen molar-refractivity contribution in [2.24, 2.45) is 0 Å². The van der Waals surface area contributed by atoms with Crippen LogP contribution in [0.5, 0.6) is 0 Å². The average molecular weight is 322 g/mol. The molecule has 0 saturated heterocycles. The molecule has 0 aliphatic carbocycles. The predicted molar refractivity (Wildman–Crippen MR) is 96.8 cm³/mol. The lowest BCUT2D eigenvalue weighted by atomic mass is 10.1. The first-order valence-electron chi connectivity index (χ1n) is 7.45. The largest absolute Gasteiger partial charge is 0.326 e. The van der Waals surface area contributed by atoms with Gasteiger partial charge in [0.2, 0.25) is 5.91 Å². The summed E-state index contributed by atoms with van der Waals surface area (Å²) in [5, 5.41) is 3.81. The second-order valence-corrected chi connectivity index (χ2v) is 6.75. The third-order valence-corrected chi connectivity index (χ3v) is 4.59. The standard InChI is InChI=1S/C19H18N2OS/c1-12-4-6-16(7-5-12)19-21-18(13(2)23-19)15-8-10-17(11-9-15)20-14(3)22/h4-11H,1-3H3,(H,20,22). The molecule has 0 radical (unpaired) electrons. The Morgan fingerprint density at radius 2 is 1.57 bits per heavy atom. The van der Waals surface area contributed by atoms with Crippen molar-refractivity contribution in [3.05, 3.63) is 59.0 Å². The smallest absolute Gasteiger partial charge is 0.221 e. The number of carbonyl (C=O) groups excluding carboxylic acids is 1. The topological polar surface area (TPSA) is 42.0 Å². The van der Waals surface area contributed by atoms with E-state index in [1.807, 2.05) is 24.3 Å². The van der Waals surface area contributed by atoms with E-state index >= 15 is 0 Å². The number of hydrogen-bond donors (Lipinski definition) is 1. The number of carbonyl (C=O) groups is 1. The maximum atomic E-state index is 11.1. The summed E-state index contributed by atoms with van der Waals surface area (Å²) in [6.45, 7) is 5.68. The van der Waals surface area contributed by atoms with Crippen LogP contribution in [0.1, 0.15) is 17.4 Å². The molecule has 4 heteroatoms. The van der Waals surface area contributed by atoms with E-state index in [1.54, 1.807) is 11.3 Å². The van der Waals surface area contributed by atoms with Crippen LogP contribution >= 0.6 is 11.3 Å². The molecule has 1 aromatic heterocycles. The summed E-state index contributed by atoms with van der Waals surface area (Å²) in [7, 11) is 0. The molecular weight excluding hydrogens is 304 g/mol. The van der Waals surface area contributed by atoms with Gasteiger partial charge in [0.25, 0.3) is 0 Å². The van der Waals surface area contributed by atoms with E-state index in [0.29, 0.717) is 0 Å². The van der Waals surface area contributed by atoms with Crippen molar-refractivity contribution in [1.29, 1.82) is 0 Å². The zero-order chi connectivity index (χ0) is 16.4. The Morgan fingerprint density at radius 3 is 2.17 bits per heavy atom. The van der Waals surface area contributed by atoms with Gasteiger partial charge in [0.05, 0.1) is 5.69 Å². The highest BCUT2D eigenvalue weighted by atomic mass is 32.1. The lowest BCUT2D eigenvalue weighted by molar-refractivity contribution is -0.114. The second-order valence-electron chi connectivity index (χ2n) is 5.55. The van der Waals surface area contributed by atoms with Gasteiger partial charge < -0.3 is 5.32 Å². The first-order chi connectivity index (χ1) is 11.0. The van der Waals surface area contributed by atoms with Crippen LogP contribution in [-0.2, 0) is 4.79 Å². The number of aryl methyl sites for hydroxylation is 2. The van der Waals surface area contributed by atoms with Crippen molar-refractivity contribution < 1.29 is 4.79 Å². The minimum Gasteiger partial charge on any atom is -0.326 e. The fourth-order valence-electron chi connectivity index (χ4n) is 2.40. The van der Waals surface area contributed by atoms with E-state index < -0.39 is 0 Å². The van der Waals surface area contributed by atoms with E-state index in [2.05, 4.69) is 43.4 Å². The summed E-state index contributed by atoms with van der Waals surface area (Å²) in [5.41, 5.74) is 5.25. The normalized spacial score (nSPS) is 10.6. The number of hydrogen-bond acceptors (Lipinski definition) is 3. The molecule has 1 amide bonds. The highest BCUT2D eigenvalue weighted by molar-refractivity contribution is 7.15. The van der Waals surface area contributed by atoms with Gasteiger partial charge in [0, 0.05) is 28.6 Å². The van der Waals surface area contributed by atoms with E-state index in [9.17, 15) is 4.79 Å². The third kappa shape index (κ3) is 3.48. The Labute approximate surface area is 140 Å². The molecule has 0 unspecified atom stereocenters. The molecule has 0 fully saturated rings. The number of aromatic nitrogens is 1. The van der Waals surface area contributed by atoms with E-state index in [0.717, 1.165) is 27.5 Å². The van der Waals surface area contributed by atoms with E-state index in [1.165, 1.54) is 17.4 Å². The summed E-state index contributed by atoms with van der Waals surface area (Å²) < 4.78 is 0. The van der Waals surface area contributed by atoms with Crippen LogP contribution in [0, 0.1) is 13.8 Å². The molecule has 3 rings (SSSR count). The van der Waals surface area contributed by atoms with Crippen LogP contribution in [0.4, 0.5) is 5.69 Å². The van der Waals surface area contributed by atoms with Crippen molar-refractivity contribution in [2.75, 3.05) is 5.32 Å². The quantitative estimate of drug-likeness (QED) is 0.733. The molecule has 0 aliphatic heterocycles. The summed E-state index contributed by atoms with van der Waals surface area (Å²) in [5.74, 6) is -0.0655. The van der Waals surface area contributed by atoms with Gasteiger partial charge >= 0.3 is 0 Å². The number of benzene rings is 2. The maximum Gasteiger partial charge on any atom is 0.221 e. The van der Waals surface area contributed by atoms with E-state index in [4.69, 9.17) is 4.98 Å². The molecule has 0 saturated carbocycles. The monoisotopic (exact) mass is 322 g/mol. The van der Waals surface area contributed by atoms with Gasteiger partial charge in [-0.1, -0.05) is 42.0 Å². The van der Waals surface area contributed by atoms with Crippen molar-refractivity contribution in [3.8, 4) is 21.8 Å². The third-order valence-electron chi connectivity index (χ3n) is 3.57. The van der Waals surface area contributed by atoms with Crippen molar-refractivity contribution >= 4 is 22.9 Å². The van der Waals surface area contributed by atoms with Crippen LogP contribution in [0.15, 0.2) is 48.5 Å². The Bertz CT molecular complexity index is 833. The molecule has 1 N–H and O–H groups in total. The summed E-state index contributed by atoms with van der Waals surface area (Å²) in [6, 6.07) is 16.2. The molecule has 116 valence electrons. The molecule has 0 bridgehead atoms. The minimum absolute atomic E-state index is 0.0655. The summed E-state index contributed by atoms with van der Waals surface area (Å²) in [4.78, 5) is 17.1. The predicted octanol–water partition coefficient (Wildman–Crippen LogP) is 5.05. The fraction of sp³-hybridized carbons (Fsp3) is 0.158. The van der Waals surface area contributed by atoms with Gasteiger partial charge in [0.15, 0.2) is 0 Å². The Balaban J connectivity index is 1.91. The zero-order valence-corrected chi connectivity index (χ0v) is 14.2. The summed E-state index contributed by atoms with van der Waals surface area (Å²) >= 11 is 1.70. The fourth-order valence-corrected chi connectivity index (χ4v) is 3.34. The number of thiazole rings is 1. The highest BCUT2D eigenvalue weighted by Gasteiger charge is 2.11. The van der Waals surface area contributed by atoms with Crippen LogP contribution in [0.25, 0.3) is 21.8 Å². The van der Waals surface area contributed by atoms with Crippen molar-refractivity contribution in [3.63, 3.8) is 0 Å². The van der Waals surface area contributed by atoms with Crippen LogP contribution in [-0.4, -0.2) is 10.9 Å². The Kier molecular flexibility index (Phi) is 4.26. The van der Waals surface area contributed by atoms with Crippen LogP contribution in [0.2, 0.25) is 0 Å². The van der Waals surface area contributed by atoms with Crippen molar-refractivity contribution in [1.82, 2.24) is 4.98 Å². The van der Waals surface area contributed by atoms with Gasteiger partial charge in [-0.2, -0.15) is 0 Å². The number of amides is 1. The molecule has 1 heterocycles. The minimum atomic E-state index is -0.0655. The molecule has 3 aromatic rings. The lowest BCUT2D eigenvalue weighted by Crippen LogP contribution is -2.05. The Hall–Kier alpha value is -2.46. The molecule has 0 spiro atoms. The van der Waals surface area contributed by atoms with Gasteiger partial charge in [0.1, 0.15) is 5.01 Å². The first-order valence-corrected chi connectivity index (χ1v) is 8.27. The molecule has 0 aliphatic rings. The zero-order valence-electron chi connectivity index (χ0n) is 13.4. The van der Waals surface area contributed by atoms with Gasteiger partial charge in [-0.25, -0.2) is 4.98 Å². The first kappa shape index (κ1) is 15.4. The lowest BCUT2D eigenvalue weighted by Gasteiger charge is -2.03. The van der Waals surface area contributed by atoms with Gasteiger partial charge in [-0.05, 0) is 26.0 Å². The number of nitrogens with one attached hydrogen (secondary N) is 1. The number of rotatable bonds is 3. The highest BCUT2D eigenvalue weighted by Crippen LogP contribution is 2.33. The molecule has 0 atom stereocenters. The van der Waals surface area contributed by atoms with Crippen LogP contribution in [0.3, 0.4) is 0 Å². The van der Waals surface area contributed by atoms with E-state index in [-0.39, 0.29) is 5.91 Å². The average Bonchev–Trinajstić information content (AvgIpc) is 2.90. The van der Waals surface area contributed by atoms with Gasteiger partial charge in [-0.3, -0.25) is 4.79 Å². The van der Waals surface area contributed by atoms with Gasteiger partial charge in [-0.15, -0.1) is 11.3 Å². The maximum absolute atomic E-state index is 11.1. The number of anilines is 1. The molecule has 2 aromatic carbocycles. The Morgan fingerprint density at radius 1 is 0.957 bits per heavy atom. The molecule has 23 heavy (non-hydrogen) atoms. The molecule has 3 nitrogen and oxygen atoms in total.